The van der Waals surface area contributed by atoms with Gasteiger partial charge in [-0.1, -0.05) is 46.5 Å². The molecule has 5 nitrogen and oxygen atoms in total. The number of hydrazine groups is 1. The van der Waals surface area contributed by atoms with Crippen molar-refractivity contribution in [1.82, 2.24) is 15.6 Å². The summed E-state index contributed by atoms with van der Waals surface area (Å²) < 4.78 is 0. The van der Waals surface area contributed by atoms with Crippen LogP contribution in [0.15, 0.2) is 0 Å². The summed E-state index contributed by atoms with van der Waals surface area (Å²) in [6.07, 6.45) is 9.57. The maximum absolute atomic E-state index is 14.4. The molecule has 0 aromatic rings. The zero-order chi connectivity index (χ0) is 24.6. The molecule has 0 radical (unpaired) electrons. The summed E-state index contributed by atoms with van der Waals surface area (Å²) in [5.41, 5.74) is -1.47. The molecule has 188 valence electrons. The Labute approximate surface area is 199 Å². The third-order valence-electron chi connectivity index (χ3n) is 8.41. The lowest BCUT2D eigenvalue weighted by Gasteiger charge is -2.58. The fraction of sp³-hybridized carbons (Fsp3) is 0.963. The number of rotatable bonds is 8. The predicted octanol–water partition coefficient (Wildman–Crippen LogP) is 5.74. The third kappa shape index (κ3) is 5.88. The minimum Gasteiger partial charge on any atom is -0.305 e. The van der Waals surface area contributed by atoms with Gasteiger partial charge in [-0.25, -0.2) is 5.84 Å². The van der Waals surface area contributed by atoms with Crippen LogP contribution in [-0.4, -0.2) is 33.2 Å². The first kappa shape index (κ1) is 27.6. The molecular weight excluding hydrogens is 396 g/mol. The molecule has 5 heteroatoms. The quantitative estimate of drug-likeness (QED) is 0.191. The molecule has 0 spiro atoms. The number of nitrogens with two attached hydrogens (primary N) is 1. The Hall–Kier alpha value is -0.650. The first-order chi connectivity index (χ1) is 14.5. The lowest BCUT2D eigenvalue weighted by molar-refractivity contribution is -0.162. The number of nitrogens with one attached hydrogen (secondary N) is 2. The van der Waals surface area contributed by atoms with Crippen LogP contribution < -0.4 is 16.5 Å². The molecule has 0 saturated carbocycles. The van der Waals surface area contributed by atoms with Crippen molar-refractivity contribution in [2.24, 2.45) is 23.1 Å². The van der Waals surface area contributed by atoms with Crippen LogP contribution in [0.1, 0.15) is 127 Å². The van der Waals surface area contributed by atoms with E-state index in [0.29, 0.717) is 11.8 Å². The number of hydrogen-bond acceptors (Lipinski definition) is 4. The number of carbonyl (C=O) groups excluding carboxylic acids is 1. The highest BCUT2D eigenvalue weighted by Crippen LogP contribution is 2.48. The van der Waals surface area contributed by atoms with E-state index in [9.17, 15) is 4.79 Å². The number of carbonyl (C=O) groups is 1. The molecule has 0 aromatic heterocycles. The van der Waals surface area contributed by atoms with Crippen LogP contribution in [-0.2, 0) is 4.79 Å². The van der Waals surface area contributed by atoms with Crippen LogP contribution in [0.2, 0.25) is 0 Å². The van der Waals surface area contributed by atoms with Gasteiger partial charge < -0.3 is 5.32 Å². The minimum absolute atomic E-state index is 0.000297. The Kier molecular flexibility index (Phi) is 8.23. The van der Waals surface area contributed by atoms with Crippen molar-refractivity contribution in [2.75, 3.05) is 0 Å². The maximum Gasteiger partial charge on any atom is 0.246 e. The van der Waals surface area contributed by atoms with Gasteiger partial charge >= 0.3 is 0 Å². The smallest absolute Gasteiger partial charge is 0.246 e. The van der Waals surface area contributed by atoms with Gasteiger partial charge in [0.25, 0.3) is 0 Å². The van der Waals surface area contributed by atoms with E-state index in [1.165, 1.54) is 19.3 Å². The first-order valence-corrected chi connectivity index (χ1v) is 13.2. The van der Waals surface area contributed by atoms with Crippen LogP contribution >= 0.6 is 0 Å². The normalized spacial score (nSPS) is 36.3. The molecule has 0 bridgehead atoms. The van der Waals surface area contributed by atoms with Gasteiger partial charge in [0.2, 0.25) is 5.91 Å². The topological polar surface area (TPSA) is 70.4 Å². The summed E-state index contributed by atoms with van der Waals surface area (Å²) in [6.45, 7) is 22.4. The van der Waals surface area contributed by atoms with Gasteiger partial charge in [0.05, 0.1) is 5.41 Å². The molecule has 32 heavy (non-hydrogen) atoms. The molecule has 0 aliphatic carbocycles. The van der Waals surface area contributed by atoms with E-state index < -0.39 is 11.1 Å². The number of piperidine rings is 2. The van der Waals surface area contributed by atoms with Gasteiger partial charge in [-0.15, -0.1) is 0 Å². The van der Waals surface area contributed by atoms with Crippen LogP contribution in [0.25, 0.3) is 0 Å². The van der Waals surface area contributed by atoms with Crippen molar-refractivity contribution < 1.29 is 4.79 Å². The molecule has 5 atom stereocenters. The van der Waals surface area contributed by atoms with E-state index in [0.717, 1.165) is 38.5 Å². The van der Waals surface area contributed by atoms with Crippen LogP contribution in [0.3, 0.4) is 0 Å². The molecule has 2 rings (SSSR count). The Morgan fingerprint density at radius 3 is 1.94 bits per heavy atom. The van der Waals surface area contributed by atoms with Crippen LogP contribution in [0.5, 0.6) is 0 Å². The summed E-state index contributed by atoms with van der Waals surface area (Å²) in [6, 6.07) is 0. The summed E-state index contributed by atoms with van der Waals surface area (Å²) >= 11 is 0. The van der Waals surface area contributed by atoms with E-state index in [1.807, 2.05) is 0 Å². The first-order valence-electron chi connectivity index (χ1n) is 13.2. The average molecular weight is 451 g/mol. The molecule has 2 fully saturated rings. The van der Waals surface area contributed by atoms with Crippen molar-refractivity contribution in [3.63, 3.8) is 0 Å². The van der Waals surface area contributed by atoms with Crippen molar-refractivity contribution in [2.45, 2.75) is 149 Å². The molecule has 2 aliphatic heterocycles. The SMILES string of the molecule is CCCCCCC(C)(C(=O)N(N)C1(C)CC(C)CC(C)(C)N1)C1(C)CC(C)CC(C)(C)N1. The second kappa shape index (κ2) is 9.54. The second-order valence-electron chi connectivity index (χ2n) is 13.5. The minimum atomic E-state index is -0.572. The average Bonchev–Trinajstić information content (AvgIpc) is 2.59. The second-order valence-corrected chi connectivity index (χ2v) is 13.5. The lowest BCUT2D eigenvalue weighted by Crippen LogP contribution is -2.75. The molecular formula is C27H54N4O. The fourth-order valence-corrected chi connectivity index (χ4v) is 7.48. The predicted molar refractivity (Wildman–Crippen MR) is 136 cm³/mol. The lowest BCUT2D eigenvalue weighted by atomic mass is 9.60. The molecule has 2 aliphatic rings. The zero-order valence-corrected chi connectivity index (χ0v) is 23.0. The van der Waals surface area contributed by atoms with Crippen molar-refractivity contribution >= 4 is 5.91 Å². The number of amides is 1. The monoisotopic (exact) mass is 450 g/mol. The number of unbranched alkanes of at least 4 members (excludes halogenated alkanes) is 3. The number of nitrogens with zero attached hydrogens (tertiary/aromatic N) is 1. The molecule has 2 heterocycles. The van der Waals surface area contributed by atoms with Gasteiger partial charge in [0.1, 0.15) is 5.66 Å². The van der Waals surface area contributed by atoms with Crippen LogP contribution in [0.4, 0.5) is 0 Å². The van der Waals surface area contributed by atoms with E-state index >= 15 is 0 Å². The highest BCUT2D eigenvalue weighted by atomic mass is 16.2. The maximum atomic E-state index is 14.4. The van der Waals surface area contributed by atoms with E-state index in [1.54, 1.807) is 5.01 Å². The van der Waals surface area contributed by atoms with Crippen molar-refractivity contribution in [1.29, 1.82) is 0 Å². The fourth-order valence-electron chi connectivity index (χ4n) is 7.48. The Morgan fingerprint density at radius 2 is 1.44 bits per heavy atom. The Bertz CT molecular complexity index is 662. The van der Waals surface area contributed by atoms with E-state index in [2.05, 4.69) is 79.9 Å². The molecule has 1 amide bonds. The Balaban J connectivity index is 2.41. The van der Waals surface area contributed by atoms with Gasteiger partial charge in [-0.05, 0) is 92.4 Å². The highest BCUT2D eigenvalue weighted by Gasteiger charge is 2.57. The number of hydrogen-bond donors (Lipinski definition) is 3. The van der Waals surface area contributed by atoms with Crippen molar-refractivity contribution in [3.8, 4) is 0 Å². The summed E-state index contributed by atoms with van der Waals surface area (Å²) in [7, 11) is 0. The molecule has 4 N–H and O–H groups in total. The Morgan fingerprint density at radius 1 is 0.906 bits per heavy atom. The summed E-state index contributed by atoms with van der Waals surface area (Å²) in [5, 5.41) is 9.25. The van der Waals surface area contributed by atoms with E-state index in [4.69, 9.17) is 5.84 Å². The molecule has 2 saturated heterocycles. The van der Waals surface area contributed by atoms with Gasteiger partial charge in [0.15, 0.2) is 0 Å². The van der Waals surface area contributed by atoms with Crippen LogP contribution in [0, 0.1) is 17.3 Å². The van der Waals surface area contributed by atoms with E-state index in [-0.39, 0.29) is 22.5 Å². The van der Waals surface area contributed by atoms with Gasteiger partial charge in [0, 0.05) is 16.6 Å². The summed E-state index contributed by atoms with van der Waals surface area (Å²) in [4.78, 5) is 14.4. The summed E-state index contributed by atoms with van der Waals surface area (Å²) in [5.74, 6) is 7.94. The van der Waals surface area contributed by atoms with Gasteiger partial charge in [-0.3, -0.25) is 15.1 Å². The third-order valence-corrected chi connectivity index (χ3v) is 8.41. The highest BCUT2D eigenvalue weighted by molar-refractivity contribution is 5.84. The van der Waals surface area contributed by atoms with Gasteiger partial charge in [-0.2, -0.15) is 0 Å². The molecule has 0 aromatic carbocycles. The largest absolute Gasteiger partial charge is 0.305 e. The zero-order valence-electron chi connectivity index (χ0n) is 23.0. The van der Waals surface area contributed by atoms with Crippen molar-refractivity contribution in [3.05, 3.63) is 0 Å². The standard InChI is InChI=1S/C27H54N4O/c1-11-12-13-14-15-25(8,26(9)18-20(2)16-23(4,5)29-26)22(32)31(28)27(10)19-21(3)17-24(6,7)30-27/h20-21,29-30H,11-19,28H2,1-10H3. The molecule has 5 unspecified atom stereocenters.